The van der Waals surface area contributed by atoms with Gasteiger partial charge >= 0.3 is 0 Å². The summed E-state index contributed by atoms with van der Waals surface area (Å²) in [6.45, 7) is 0. The van der Waals surface area contributed by atoms with Crippen molar-refractivity contribution in [3.8, 4) is 0 Å². The normalized spacial score (nSPS) is 11.0. The molecule has 172 valence electrons. The van der Waals surface area contributed by atoms with Gasteiger partial charge in [0, 0.05) is 11.4 Å². The van der Waals surface area contributed by atoms with Gasteiger partial charge in [-0.2, -0.15) is 20.1 Å². The van der Waals surface area contributed by atoms with E-state index in [1.807, 2.05) is 12.1 Å². The quantitative estimate of drug-likeness (QED) is 0.109. The molecule has 12 heteroatoms. The molecule has 0 fully saturated rings. The Labute approximate surface area is 189 Å². The molecule has 7 nitrogen and oxygen atoms in total. The van der Waals surface area contributed by atoms with Crippen molar-refractivity contribution in [2.24, 2.45) is 5.10 Å². The molecule has 0 saturated heterocycles. The van der Waals surface area contributed by atoms with Gasteiger partial charge in [-0.25, -0.2) is 27.4 Å². The Bertz CT molecular complexity index is 1250. The third-order valence-corrected chi connectivity index (χ3v) is 4.30. The van der Waals surface area contributed by atoms with Crippen molar-refractivity contribution in [2.45, 2.75) is 0 Å². The van der Waals surface area contributed by atoms with Gasteiger partial charge in [0.25, 0.3) is 0 Å². The second-order valence-corrected chi connectivity index (χ2v) is 6.64. The molecule has 0 unspecified atom stereocenters. The van der Waals surface area contributed by atoms with Gasteiger partial charge in [0.1, 0.15) is 0 Å². The highest BCUT2D eigenvalue weighted by atomic mass is 19.2. The molecule has 1 aromatic heterocycles. The molecule has 0 aliphatic carbocycles. The summed E-state index contributed by atoms with van der Waals surface area (Å²) in [5, 5.41) is 9.45. The first-order chi connectivity index (χ1) is 16.4. The second-order valence-electron chi connectivity index (χ2n) is 6.64. The van der Waals surface area contributed by atoms with Crippen molar-refractivity contribution in [3.63, 3.8) is 0 Å². The smallest absolute Gasteiger partial charge is 0.250 e. The number of rotatable bonds is 7. The zero-order valence-electron chi connectivity index (χ0n) is 17.0. The molecule has 0 aliphatic rings. The molecule has 4 aromatic rings. The standard InChI is InChI=1S/C22H14F5N7/c23-15-14(16(24)18(26)19(27)17(15)25)11-28-34-22-32-20(29-12-7-3-1-4-8-12)31-21(33-22)30-13-9-5-2-6-10-13/h1-11H,(H3,29,30,31,32,33,34)/b28-11+. The van der Waals surface area contributed by atoms with Gasteiger partial charge in [-0.1, -0.05) is 36.4 Å². The molecule has 4 rings (SSSR count). The SMILES string of the molecule is Fc1c(F)c(F)c(/C=N/Nc2nc(Nc3ccccc3)nc(Nc3ccccc3)n2)c(F)c1F. The molecule has 0 atom stereocenters. The van der Waals surface area contributed by atoms with E-state index in [0.29, 0.717) is 17.6 Å². The lowest BCUT2D eigenvalue weighted by Crippen LogP contribution is -2.09. The Morgan fingerprint density at radius 2 is 0.971 bits per heavy atom. The fourth-order valence-corrected chi connectivity index (χ4v) is 2.73. The number of hydrogen-bond donors (Lipinski definition) is 3. The van der Waals surface area contributed by atoms with Crippen LogP contribution in [-0.2, 0) is 0 Å². The number of para-hydroxylation sites is 2. The Kier molecular flexibility index (Phi) is 6.57. The van der Waals surface area contributed by atoms with Crippen LogP contribution in [0.2, 0.25) is 0 Å². The molecule has 3 aromatic carbocycles. The highest BCUT2D eigenvalue weighted by Gasteiger charge is 2.24. The minimum Gasteiger partial charge on any atom is -0.324 e. The zero-order valence-corrected chi connectivity index (χ0v) is 17.0. The van der Waals surface area contributed by atoms with E-state index in [4.69, 9.17) is 0 Å². The van der Waals surface area contributed by atoms with E-state index >= 15 is 0 Å². The molecule has 1 heterocycles. The number of nitrogens with zero attached hydrogens (tertiary/aromatic N) is 4. The summed E-state index contributed by atoms with van der Waals surface area (Å²) in [7, 11) is 0. The van der Waals surface area contributed by atoms with Crippen LogP contribution >= 0.6 is 0 Å². The first-order valence-electron chi connectivity index (χ1n) is 9.63. The van der Waals surface area contributed by atoms with Crippen molar-refractivity contribution in [3.05, 3.63) is 95.3 Å². The highest BCUT2D eigenvalue weighted by molar-refractivity contribution is 5.81. The first-order valence-corrected chi connectivity index (χ1v) is 9.63. The van der Waals surface area contributed by atoms with Crippen LogP contribution in [0.15, 0.2) is 65.8 Å². The number of hydrogen-bond acceptors (Lipinski definition) is 7. The molecule has 0 radical (unpaired) electrons. The fraction of sp³-hybridized carbons (Fsp3) is 0. The largest absolute Gasteiger partial charge is 0.324 e. The minimum atomic E-state index is -2.26. The lowest BCUT2D eigenvalue weighted by Gasteiger charge is -2.10. The van der Waals surface area contributed by atoms with E-state index in [-0.39, 0.29) is 17.8 Å². The van der Waals surface area contributed by atoms with Crippen LogP contribution in [0.5, 0.6) is 0 Å². The number of aromatic nitrogens is 3. The predicted molar refractivity (Wildman–Crippen MR) is 117 cm³/mol. The van der Waals surface area contributed by atoms with Crippen LogP contribution in [-0.4, -0.2) is 21.2 Å². The fourth-order valence-electron chi connectivity index (χ4n) is 2.73. The average Bonchev–Trinajstić information content (AvgIpc) is 2.85. The van der Waals surface area contributed by atoms with Gasteiger partial charge in [0.15, 0.2) is 23.3 Å². The number of nitrogens with one attached hydrogen (secondary N) is 3. The van der Waals surface area contributed by atoms with E-state index < -0.39 is 34.6 Å². The molecule has 0 amide bonds. The van der Waals surface area contributed by atoms with E-state index in [0.717, 1.165) is 0 Å². The highest BCUT2D eigenvalue weighted by Crippen LogP contribution is 2.22. The van der Waals surface area contributed by atoms with Crippen LogP contribution in [0.4, 0.5) is 51.2 Å². The van der Waals surface area contributed by atoms with Crippen LogP contribution in [0.25, 0.3) is 0 Å². The monoisotopic (exact) mass is 471 g/mol. The summed E-state index contributed by atoms with van der Waals surface area (Å²) in [5.41, 5.74) is 2.41. The van der Waals surface area contributed by atoms with E-state index in [2.05, 4.69) is 36.1 Å². The maximum Gasteiger partial charge on any atom is 0.250 e. The van der Waals surface area contributed by atoms with Crippen LogP contribution in [0.1, 0.15) is 5.56 Å². The van der Waals surface area contributed by atoms with Crippen LogP contribution in [0.3, 0.4) is 0 Å². The Balaban J connectivity index is 1.63. The average molecular weight is 471 g/mol. The van der Waals surface area contributed by atoms with Gasteiger partial charge in [0.2, 0.25) is 23.7 Å². The number of halogens is 5. The second kappa shape index (κ2) is 9.90. The summed E-state index contributed by atoms with van der Waals surface area (Å²) in [6.07, 6.45) is 0.439. The lowest BCUT2D eigenvalue weighted by molar-refractivity contribution is 0.377. The minimum absolute atomic E-state index is 0.0913. The van der Waals surface area contributed by atoms with Gasteiger partial charge < -0.3 is 10.6 Å². The van der Waals surface area contributed by atoms with E-state index in [1.165, 1.54) is 0 Å². The molecular weight excluding hydrogens is 457 g/mol. The van der Waals surface area contributed by atoms with E-state index in [1.54, 1.807) is 48.5 Å². The predicted octanol–water partition coefficient (Wildman–Crippen LogP) is 5.50. The Morgan fingerprint density at radius 1 is 0.559 bits per heavy atom. The van der Waals surface area contributed by atoms with Gasteiger partial charge in [-0.3, -0.25) is 0 Å². The van der Waals surface area contributed by atoms with Crippen molar-refractivity contribution in [2.75, 3.05) is 16.1 Å². The summed E-state index contributed by atoms with van der Waals surface area (Å²) in [5.74, 6) is -10.4. The Hall–Kier alpha value is -4.61. The van der Waals surface area contributed by atoms with Crippen LogP contribution in [0, 0.1) is 29.1 Å². The summed E-state index contributed by atoms with van der Waals surface area (Å²) < 4.78 is 67.6. The molecule has 0 aliphatic heterocycles. The molecular formula is C22H14F5N7. The topological polar surface area (TPSA) is 87.1 Å². The maximum atomic E-state index is 13.8. The third kappa shape index (κ3) is 5.06. The Morgan fingerprint density at radius 3 is 1.44 bits per heavy atom. The molecule has 34 heavy (non-hydrogen) atoms. The first kappa shape index (κ1) is 22.6. The van der Waals surface area contributed by atoms with E-state index in [9.17, 15) is 22.0 Å². The summed E-state index contributed by atoms with van der Waals surface area (Å²) in [6, 6.07) is 17.9. The zero-order chi connectivity index (χ0) is 24.1. The third-order valence-electron chi connectivity index (χ3n) is 4.30. The van der Waals surface area contributed by atoms with Crippen molar-refractivity contribution in [1.29, 1.82) is 0 Å². The molecule has 0 spiro atoms. The molecule has 3 N–H and O–H groups in total. The van der Waals surface area contributed by atoms with Crippen LogP contribution < -0.4 is 16.1 Å². The molecule has 0 saturated carbocycles. The van der Waals surface area contributed by atoms with Gasteiger partial charge in [-0.15, -0.1) is 0 Å². The number of benzene rings is 3. The van der Waals surface area contributed by atoms with Crippen molar-refractivity contribution in [1.82, 2.24) is 15.0 Å². The lowest BCUT2D eigenvalue weighted by atomic mass is 10.2. The summed E-state index contributed by atoms with van der Waals surface area (Å²) >= 11 is 0. The molecule has 0 bridgehead atoms. The number of hydrazone groups is 1. The van der Waals surface area contributed by atoms with Crippen molar-refractivity contribution < 1.29 is 22.0 Å². The maximum absolute atomic E-state index is 13.8. The number of anilines is 5. The van der Waals surface area contributed by atoms with Crippen molar-refractivity contribution >= 4 is 35.4 Å². The van der Waals surface area contributed by atoms with Gasteiger partial charge in [-0.05, 0) is 24.3 Å². The summed E-state index contributed by atoms with van der Waals surface area (Å²) in [4.78, 5) is 12.5. The van der Waals surface area contributed by atoms with Gasteiger partial charge in [0.05, 0.1) is 11.8 Å².